The van der Waals surface area contributed by atoms with Crippen LogP contribution in [0.3, 0.4) is 0 Å². The SMILES string of the molecule is COc1ccc(Cl)cc1N1C(=O)C[C@@H]([NH+]2CCN(S(=O)(=O)c3ccccc3F)CC2)C1=O. The average molecular weight is 483 g/mol. The van der Waals surface area contributed by atoms with Crippen LogP contribution in [0.2, 0.25) is 5.02 Å². The van der Waals surface area contributed by atoms with Crippen LogP contribution in [-0.4, -0.2) is 63.9 Å². The molecule has 0 aromatic heterocycles. The van der Waals surface area contributed by atoms with Gasteiger partial charge in [-0.2, -0.15) is 4.31 Å². The van der Waals surface area contributed by atoms with Crippen LogP contribution in [0.25, 0.3) is 0 Å². The van der Waals surface area contributed by atoms with Crippen molar-refractivity contribution in [1.29, 1.82) is 0 Å². The first-order valence-corrected chi connectivity index (χ1v) is 11.9. The lowest BCUT2D eigenvalue weighted by Crippen LogP contribution is -3.19. The summed E-state index contributed by atoms with van der Waals surface area (Å²) in [5, 5.41) is 0.365. The molecule has 4 rings (SSSR count). The van der Waals surface area contributed by atoms with E-state index in [0.29, 0.717) is 23.9 Å². The fourth-order valence-electron chi connectivity index (χ4n) is 4.20. The molecule has 1 N–H and O–H groups in total. The number of sulfonamides is 1. The molecule has 8 nitrogen and oxygen atoms in total. The zero-order chi connectivity index (χ0) is 23.0. The Bertz CT molecular complexity index is 1170. The van der Waals surface area contributed by atoms with E-state index >= 15 is 0 Å². The molecule has 0 aliphatic carbocycles. The standard InChI is InChI=1S/C21H21ClFN3O5S/c1-31-18-7-6-14(22)12-16(18)26-20(27)13-17(21(26)28)24-8-10-25(11-9-24)32(29,30)19-5-3-2-4-15(19)23/h2-7,12,17H,8-11,13H2,1H3/p+1/t17-/m1/s1. The van der Waals surface area contributed by atoms with Crippen molar-refractivity contribution in [2.24, 2.45) is 0 Å². The lowest BCUT2D eigenvalue weighted by atomic mass is 10.2. The zero-order valence-electron chi connectivity index (χ0n) is 17.3. The molecule has 0 spiro atoms. The molecule has 2 saturated heterocycles. The Morgan fingerprint density at radius 2 is 1.81 bits per heavy atom. The van der Waals surface area contributed by atoms with Gasteiger partial charge in [-0.1, -0.05) is 23.7 Å². The first kappa shape index (κ1) is 22.7. The number of nitrogens with one attached hydrogen (secondary N) is 1. The summed E-state index contributed by atoms with van der Waals surface area (Å²) in [7, 11) is -2.54. The Morgan fingerprint density at radius 3 is 2.47 bits per heavy atom. The smallest absolute Gasteiger partial charge is 0.292 e. The van der Waals surface area contributed by atoms with E-state index in [0.717, 1.165) is 15.9 Å². The molecule has 2 heterocycles. The van der Waals surface area contributed by atoms with Crippen LogP contribution < -0.4 is 14.5 Å². The number of imide groups is 1. The quantitative estimate of drug-likeness (QED) is 0.634. The third-order valence-corrected chi connectivity index (χ3v) is 8.01. The van der Waals surface area contributed by atoms with Gasteiger partial charge in [0.1, 0.15) is 16.5 Å². The summed E-state index contributed by atoms with van der Waals surface area (Å²) < 4.78 is 46.2. The summed E-state index contributed by atoms with van der Waals surface area (Å²) in [5.74, 6) is -1.19. The van der Waals surface area contributed by atoms with E-state index in [2.05, 4.69) is 0 Å². The van der Waals surface area contributed by atoms with Crippen LogP contribution in [0.1, 0.15) is 6.42 Å². The number of anilines is 1. The Labute approximate surface area is 190 Å². The molecule has 0 unspecified atom stereocenters. The highest BCUT2D eigenvalue weighted by molar-refractivity contribution is 7.89. The molecule has 2 aromatic carbocycles. The number of carbonyl (C=O) groups is 2. The fraction of sp³-hybridized carbons (Fsp3) is 0.333. The highest BCUT2D eigenvalue weighted by atomic mass is 35.5. The van der Waals surface area contributed by atoms with Crippen molar-refractivity contribution in [3.05, 3.63) is 53.3 Å². The van der Waals surface area contributed by atoms with Crippen LogP contribution in [0.4, 0.5) is 10.1 Å². The number of benzene rings is 2. The van der Waals surface area contributed by atoms with E-state index in [1.54, 1.807) is 12.1 Å². The van der Waals surface area contributed by atoms with Crippen LogP contribution in [0.15, 0.2) is 47.4 Å². The lowest BCUT2D eigenvalue weighted by molar-refractivity contribution is -0.918. The minimum absolute atomic E-state index is 0.00387. The number of amides is 2. The van der Waals surface area contributed by atoms with Gasteiger partial charge in [0.2, 0.25) is 15.9 Å². The summed E-state index contributed by atoms with van der Waals surface area (Å²) >= 11 is 6.05. The highest BCUT2D eigenvalue weighted by Crippen LogP contribution is 2.34. The lowest BCUT2D eigenvalue weighted by Gasteiger charge is -2.33. The second kappa shape index (κ2) is 8.78. The second-order valence-electron chi connectivity index (χ2n) is 7.63. The van der Waals surface area contributed by atoms with E-state index in [4.69, 9.17) is 16.3 Å². The molecule has 32 heavy (non-hydrogen) atoms. The minimum atomic E-state index is -3.98. The number of halogens is 2. The van der Waals surface area contributed by atoms with Crippen LogP contribution >= 0.6 is 11.6 Å². The van der Waals surface area contributed by atoms with Crippen LogP contribution in [0, 0.1) is 5.82 Å². The molecular formula is C21H22ClFN3O5S+. The maximum absolute atomic E-state index is 14.0. The van der Waals surface area contributed by atoms with Crippen molar-refractivity contribution >= 4 is 39.1 Å². The number of methoxy groups -OCH3 is 1. The topological polar surface area (TPSA) is 88.4 Å². The third kappa shape index (κ3) is 3.99. The largest absolute Gasteiger partial charge is 0.495 e. The predicted octanol–water partition coefficient (Wildman–Crippen LogP) is 0.709. The van der Waals surface area contributed by atoms with Gasteiger partial charge in [-0.25, -0.2) is 17.7 Å². The molecule has 2 aliphatic rings. The zero-order valence-corrected chi connectivity index (χ0v) is 18.8. The highest BCUT2D eigenvalue weighted by Gasteiger charge is 2.48. The van der Waals surface area contributed by atoms with Gasteiger partial charge >= 0.3 is 0 Å². The van der Waals surface area contributed by atoms with E-state index in [1.807, 2.05) is 0 Å². The first-order valence-electron chi connectivity index (χ1n) is 10.0. The van der Waals surface area contributed by atoms with Gasteiger partial charge in [-0.15, -0.1) is 0 Å². The van der Waals surface area contributed by atoms with E-state index in [9.17, 15) is 22.4 Å². The summed E-state index contributed by atoms with van der Waals surface area (Å²) in [6, 6.07) is 9.31. The van der Waals surface area contributed by atoms with Crippen molar-refractivity contribution in [2.45, 2.75) is 17.4 Å². The van der Waals surface area contributed by atoms with Crippen molar-refractivity contribution < 1.29 is 32.0 Å². The summed E-state index contributed by atoms with van der Waals surface area (Å²) in [6.45, 7) is 0.866. The molecule has 1 atom stereocenters. The fourth-order valence-corrected chi connectivity index (χ4v) is 5.87. The monoisotopic (exact) mass is 482 g/mol. The average Bonchev–Trinajstić information content (AvgIpc) is 3.07. The third-order valence-electron chi connectivity index (χ3n) is 5.84. The van der Waals surface area contributed by atoms with E-state index < -0.39 is 21.9 Å². The normalized spacial score (nSPS) is 20.7. The molecule has 2 aromatic rings. The van der Waals surface area contributed by atoms with Crippen molar-refractivity contribution in [1.82, 2.24) is 4.31 Å². The maximum Gasteiger partial charge on any atom is 0.292 e. The van der Waals surface area contributed by atoms with Gasteiger partial charge in [0.15, 0.2) is 6.04 Å². The number of hydrogen-bond donors (Lipinski definition) is 1. The van der Waals surface area contributed by atoms with Crippen LogP contribution in [0.5, 0.6) is 5.75 Å². The summed E-state index contributed by atoms with van der Waals surface area (Å²) in [4.78, 5) is 27.4. The Kier molecular flexibility index (Phi) is 6.22. The molecule has 0 radical (unpaired) electrons. The second-order valence-corrected chi connectivity index (χ2v) is 9.98. The molecule has 2 fully saturated rings. The number of nitrogens with zero attached hydrogens (tertiary/aromatic N) is 2. The number of quaternary nitrogens is 1. The maximum atomic E-state index is 14.0. The Balaban J connectivity index is 1.49. The van der Waals surface area contributed by atoms with Gasteiger partial charge < -0.3 is 9.64 Å². The number of ether oxygens (including phenoxy) is 1. The van der Waals surface area contributed by atoms with E-state index in [-0.39, 0.29) is 41.9 Å². The van der Waals surface area contributed by atoms with Gasteiger partial charge in [-0.05, 0) is 30.3 Å². The van der Waals surface area contributed by atoms with Crippen molar-refractivity contribution in [3.63, 3.8) is 0 Å². The van der Waals surface area contributed by atoms with Gasteiger partial charge in [0, 0.05) is 5.02 Å². The summed E-state index contributed by atoms with van der Waals surface area (Å²) in [6.07, 6.45) is 0.00387. The Hall–Kier alpha value is -2.53. The number of carbonyl (C=O) groups excluding carboxylic acids is 2. The van der Waals surface area contributed by atoms with Crippen LogP contribution in [-0.2, 0) is 19.6 Å². The van der Waals surface area contributed by atoms with Gasteiger partial charge in [0.05, 0.1) is 45.4 Å². The molecule has 2 aliphatic heterocycles. The number of piperazine rings is 1. The molecule has 0 saturated carbocycles. The molecule has 11 heteroatoms. The molecular weight excluding hydrogens is 461 g/mol. The van der Waals surface area contributed by atoms with Crippen molar-refractivity contribution in [3.8, 4) is 5.75 Å². The van der Waals surface area contributed by atoms with E-state index in [1.165, 1.54) is 35.7 Å². The molecule has 2 amide bonds. The molecule has 0 bridgehead atoms. The number of rotatable bonds is 5. The van der Waals surface area contributed by atoms with Gasteiger partial charge in [-0.3, -0.25) is 9.59 Å². The first-order chi connectivity index (χ1) is 15.2. The van der Waals surface area contributed by atoms with Crippen molar-refractivity contribution in [2.75, 3.05) is 38.2 Å². The minimum Gasteiger partial charge on any atom is -0.495 e. The van der Waals surface area contributed by atoms with Gasteiger partial charge in [0.25, 0.3) is 5.91 Å². The Morgan fingerprint density at radius 1 is 1.12 bits per heavy atom. The summed E-state index contributed by atoms with van der Waals surface area (Å²) in [5.41, 5.74) is 0.290. The number of hydrogen-bond acceptors (Lipinski definition) is 5. The molecule has 170 valence electrons. The predicted molar refractivity (Wildman–Crippen MR) is 115 cm³/mol.